The molecule has 138 valence electrons. The summed E-state index contributed by atoms with van der Waals surface area (Å²) in [4.78, 5) is 38.3. The normalized spacial score (nSPS) is 14.3. The number of hydrogen-bond donors (Lipinski definition) is 3. The summed E-state index contributed by atoms with van der Waals surface area (Å²) in [6.07, 6.45) is 0. The van der Waals surface area contributed by atoms with Crippen molar-refractivity contribution in [3.8, 4) is 5.75 Å². The highest BCUT2D eigenvalue weighted by atomic mass is 79.9. The van der Waals surface area contributed by atoms with Crippen molar-refractivity contribution in [3.05, 3.63) is 48.9 Å². The quantitative estimate of drug-likeness (QED) is 0.626. The summed E-state index contributed by atoms with van der Waals surface area (Å²) in [5.74, 6) is -0.623. The molecule has 1 aromatic heterocycles. The molecule has 3 rings (SSSR count). The van der Waals surface area contributed by atoms with Gasteiger partial charge in [-0.1, -0.05) is 6.07 Å². The standard InChI is InChI=1S/C16H17BrN4O5/c1-20-16(25)11(17)12(14(23)19-20)18-10-4-2-3-9(13(10)22)15(24)21-5-7-26-8-6-21/h2-4,18,22H,5-8H2,1H3,(H,19,23). The van der Waals surface area contributed by atoms with Crippen LogP contribution in [0.3, 0.4) is 0 Å². The molecule has 0 unspecified atom stereocenters. The number of phenols is 1. The summed E-state index contributed by atoms with van der Waals surface area (Å²) >= 11 is 3.09. The molecule has 2 heterocycles. The summed E-state index contributed by atoms with van der Waals surface area (Å²) in [6, 6.07) is 4.59. The molecule has 10 heteroatoms. The summed E-state index contributed by atoms with van der Waals surface area (Å²) in [7, 11) is 1.41. The fraction of sp³-hybridized carbons (Fsp3) is 0.312. The lowest BCUT2D eigenvalue weighted by Gasteiger charge is -2.27. The van der Waals surface area contributed by atoms with Gasteiger partial charge in [0.1, 0.15) is 10.2 Å². The Morgan fingerprint density at radius 1 is 1.31 bits per heavy atom. The maximum atomic E-state index is 12.6. The molecule has 0 spiro atoms. The van der Waals surface area contributed by atoms with Gasteiger partial charge in [0.25, 0.3) is 17.0 Å². The van der Waals surface area contributed by atoms with E-state index >= 15 is 0 Å². The van der Waals surface area contributed by atoms with Crippen LogP contribution in [0.2, 0.25) is 0 Å². The van der Waals surface area contributed by atoms with Crippen molar-refractivity contribution in [1.29, 1.82) is 0 Å². The van der Waals surface area contributed by atoms with Crippen LogP contribution in [-0.4, -0.2) is 52.0 Å². The van der Waals surface area contributed by atoms with E-state index in [2.05, 4.69) is 26.3 Å². The third kappa shape index (κ3) is 3.37. The maximum Gasteiger partial charge on any atom is 0.287 e. The number of carbonyl (C=O) groups excluding carboxylic acids is 1. The lowest BCUT2D eigenvalue weighted by Crippen LogP contribution is -2.40. The zero-order valence-electron chi connectivity index (χ0n) is 13.9. The number of hydrogen-bond acceptors (Lipinski definition) is 6. The number of carbonyl (C=O) groups is 1. The van der Waals surface area contributed by atoms with Gasteiger partial charge in [0.15, 0.2) is 5.75 Å². The zero-order valence-corrected chi connectivity index (χ0v) is 15.5. The van der Waals surface area contributed by atoms with E-state index in [-0.39, 0.29) is 33.1 Å². The van der Waals surface area contributed by atoms with E-state index in [1.807, 2.05) is 0 Å². The number of amides is 1. The molecular weight excluding hydrogens is 408 g/mol. The average molecular weight is 425 g/mol. The minimum atomic E-state index is -0.553. The molecule has 3 N–H and O–H groups in total. The summed E-state index contributed by atoms with van der Waals surface area (Å²) in [6.45, 7) is 1.77. The van der Waals surface area contributed by atoms with Gasteiger partial charge in [-0.05, 0) is 28.1 Å². The molecule has 0 saturated carbocycles. The number of halogens is 1. The first-order chi connectivity index (χ1) is 12.4. The van der Waals surface area contributed by atoms with Gasteiger partial charge in [-0.15, -0.1) is 0 Å². The van der Waals surface area contributed by atoms with Crippen molar-refractivity contribution in [2.75, 3.05) is 31.6 Å². The molecule has 1 aliphatic rings. The second-order valence-corrected chi connectivity index (χ2v) is 6.52. The lowest BCUT2D eigenvalue weighted by molar-refractivity contribution is 0.0301. The number of aromatic amines is 1. The highest BCUT2D eigenvalue weighted by Crippen LogP contribution is 2.31. The number of para-hydroxylation sites is 1. The van der Waals surface area contributed by atoms with Gasteiger partial charge in [-0.2, -0.15) is 0 Å². The maximum absolute atomic E-state index is 12.6. The topological polar surface area (TPSA) is 117 Å². The number of anilines is 2. The number of ether oxygens (including phenoxy) is 1. The van der Waals surface area contributed by atoms with E-state index < -0.39 is 11.1 Å². The molecule has 26 heavy (non-hydrogen) atoms. The van der Waals surface area contributed by atoms with Crippen molar-refractivity contribution in [2.24, 2.45) is 7.05 Å². The van der Waals surface area contributed by atoms with E-state index in [0.717, 1.165) is 4.68 Å². The number of phenolic OH excluding ortho intramolecular Hbond substituents is 1. The Labute approximate surface area is 156 Å². The summed E-state index contributed by atoms with van der Waals surface area (Å²) in [5.41, 5.74) is -0.813. The molecule has 9 nitrogen and oxygen atoms in total. The zero-order chi connectivity index (χ0) is 18.8. The second-order valence-electron chi connectivity index (χ2n) is 5.73. The predicted octanol–water partition coefficient (Wildman–Crippen LogP) is 0.758. The Bertz CT molecular complexity index is 962. The Balaban J connectivity index is 1.96. The van der Waals surface area contributed by atoms with Crippen LogP contribution < -0.4 is 16.4 Å². The number of morpholine rings is 1. The number of aryl methyl sites for hydroxylation is 1. The van der Waals surface area contributed by atoms with Crippen LogP contribution in [0.25, 0.3) is 0 Å². The SMILES string of the molecule is Cn1[nH]c(=O)c(Nc2cccc(C(=O)N3CCOCC3)c2O)c(Br)c1=O. The van der Waals surface area contributed by atoms with Crippen LogP contribution in [-0.2, 0) is 11.8 Å². The average Bonchev–Trinajstić information content (AvgIpc) is 2.65. The first-order valence-electron chi connectivity index (χ1n) is 7.85. The number of benzene rings is 1. The molecule has 1 aliphatic heterocycles. The Morgan fingerprint density at radius 3 is 2.69 bits per heavy atom. The van der Waals surface area contributed by atoms with Gasteiger partial charge in [0, 0.05) is 20.1 Å². The number of nitrogens with one attached hydrogen (secondary N) is 2. The van der Waals surface area contributed by atoms with Crippen LogP contribution in [0, 0.1) is 0 Å². The monoisotopic (exact) mass is 424 g/mol. The van der Waals surface area contributed by atoms with Crippen molar-refractivity contribution in [3.63, 3.8) is 0 Å². The van der Waals surface area contributed by atoms with Crippen LogP contribution in [0.4, 0.5) is 11.4 Å². The molecule has 1 fully saturated rings. The van der Waals surface area contributed by atoms with Gasteiger partial charge >= 0.3 is 0 Å². The molecule has 0 radical (unpaired) electrons. The Morgan fingerprint density at radius 2 is 2.00 bits per heavy atom. The smallest absolute Gasteiger partial charge is 0.287 e. The fourth-order valence-electron chi connectivity index (χ4n) is 2.61. The van der Waals surface area contributed by atoms with Crippen LogP contribution in [0.1, 0.15) is 10.4 Å². The number of H-pyrrole nitrogens is 1. The van der Waals surface area contributed by atoms with E-state index in [1.165, 1.54) is 19.2 Å². The molecule has 0 aliphatic carbocycles. The molecule has 2 aromatic rings. The van der Waals surface area contributed by atoms with Crippen LogP contribution in [0.5, 0.6) is 5.75 Å². The van der Waals surface area contributed by atoms with E-state index in [1.54, 1.807) is 11.0 Å². The summed E-state index contributed by atoms with van der Waals surface area (Å²) in [5, 5.41) is 15.6. The van der Waals surface area contributed by atoms with Crippen molar-refractivity contribution in [2.45, 2.75) is 0 Å². The lowest BCUT2D eigenvalue weighted by atomic mass is 10.1. The molecule has 1 aromatic carbocycles. The molecule has 0 bridgehead atoms. The van der Waals surface area contributed by atoms with Crippen LogP contribution >= 0.6 is 15.9 Å². The number of aromatic hydroxyl groups is 1. The van der Waals surface area contributed by atoms with E-state index in [4.69, 9.17) is 4.74 Å². The van der Waals surface area contributed by atoms with Gasteiger partial charge in [0.2, 0.25) is 0 Å². The highest BCUT2D eigenvalue weighted by molar-refractivity contribution is 9.10. The van der Waals surface area contributed by atoms with Crippen molar-refractivity contribution >= 4 is 33.2 Å². The fourth-order valence-corrected chi connectivity index (χ4v) is 3.16. The van der Waals surface area contributed by atoms with Gasteiger partial charge in [0.05, 0.1) is 24.5 Å². The predicted molar refractivity (Wildman–Crippen MR) is 98.1 cm³/mol. The molecular formula is C16H17BrN4O5. The first kappa shape index (κ1) is 18.2. The summed E-state index contributed by atoms with van der Waals surface area (Å²) < 4.78 is 6.28. The van der Waals surface area contributed by atoms with Crippen molar-refractivity contribution in [1.82, 2.24) is 14.7 Å². The third-order valence-corrected chi connectivity index (χ3v) is 4.77. The Hall–Kier alpha value is -2.59. The van der Waals surface area contributed by atoms with E-state index in [9.17, 15) is 19.5 Å². The third-order valence-electron chi connectivity index (χ3n) is 4.03. The van der Waals surface area contributed by atoms with Gasteiger partial charge in [-0.3, -0.25) is 24.2 Å². The molecule has 0 atom stereocenters. The van der Waals surface area contributed by atoms with E-state index in [0.29, 0.717) is 26.3 Å². The first-order valence-corrected chi connectivity index (χ1v) is 8.64. The largest absolute Gasteiger partial charge is 0.505 e. The second kappa shape index (κ2) is 7.34. The van der Waals surface area contributed by atoms with Crippen molar-refractivity contribution < 1.29 is 14.6 Å². The number of aromatic nitrogens is 2. The molecule has 1 amide bonds. The molecule has 1 saturated heterocycles. The van der Waals surface area contributed by atoms with Gasteiger partial charge in [-0.25, -0.2) is 0 Å². The number of nitrogens with zero attached hydrogens (tertiary/aromatic N) is 2. The van der Waals surface area contributed by atoms with Gasteiger partial charge < -0.3 is 20.1 Å². The minimum Gasteiger partial charge on any atom is -0.505 e. The number of rotatable bonds is 3. The highest BCUT2D eigenvalue weighted by Gasteiger charge is 2.23. The van der Waals surface area contributed by atoms with Crippen LogP contribution in [0.15, 0.2) is 32.3 Å². The Kier molecular flexibility index (Phi) is 5.14. The minimum absolute atomic E-state index is 0.0214.